The van der Waals surface area contributed by atoms with E-state index in [0.717, 1.165) is 5.56 Å². The predicted molar refractivity (Wildman–Crippen MR) is 74.5 cm³/mol. The second kappa shape index (κ2) is 8.57. The Morgan fingerprint density at radius 1 is 1.29 bits per heavy atom. The van der Waals surface area contributed by atoms with E-state index in [-0.39, 0.29) is 19.6 Å². The molecule has 0 fully saturated rings. The number of nitrogens with one attached hydrogen (secondary N) is 1. The summed E-state index contributed by atoms with van der Waals surface area (Å²) in [6.07, 6.45) is 0.0248. The molecular formula is C14H18N2O5. The Labute approximate surface area is 122 Å². The molecule has 1 aromatic rings. The highest BCUT2D eigenvalue weighted by molar-refractivity contribution is 5.85. The zero-order chi connectivity index (χ0) is 15.7. The van der Waals surface area contributed by atoms with Crippen LogP contribution >= 0.6 is 0 Å². The van der Waals surface area contributed by atoms with E-state index in [1.807, 2.05) is 25.1 Å². The van der Waals surface area contributed by atoms with Crippen molar-refractivity contribution in [1.29, 1.82) is 0 Å². The van der Waals surface area contributed by atoms with Crippen molar-refractivity contribution < 1.29 is 23.9 Å². The van der Waals surface area contributed by atoms with Gasteiger partial charge >= 0.3 is 5.97 Å². The van der Waals surface area contributed by atoms with E-state index in [2.05, 4.69) is 5.32 Å². The van der Waals surface area contributed by atoms with Crippen molar-refractivity contribution in [2.45, 2.75) is 13.3 Å². The predicted octanol–water partition coefficient (Wildman–Crippen LogP) is -0.0914. The van der Waals surface area contributed by atoms with Crippen LogP contribution in [0.2, 0.25) is 0 Å². The van der Waals surface area contributed by atoms with Crippen molar-refractivity contribution in [2.24, 2.45) is 5.73 Å². The fraction of sp³-hybridized carbons (Fsp3) is 0.357. The Kier molecular flexibility index (Phi) is 6.73. The minimum Gasteiger partial charge on any atom is -0.493 e. The third kappa shape index (κ3) is 7.56. The summed E-state index contributed by atoms with van der Waals surface area (Å²) in [6, 6.07) is 7.43. The maximum Gasteiger partial charge on any atom is 0.309 e. The second-order valence-electron chi connectivity index (χ2n) is 4.32. The lowest BCUT2D eigenvalue weighted by molar-refractivity contribution is -0.149. The van der Waals surface area contributed by atoms with Crippen LogP contribution in [0.15, 0.2) is 24.3 Å². The molecule has 0 unspecified atom stereocenters. The molecule has 0 heterocycles. The van der Waals surface area contributed by atoms with Crippen LogP contribution in [0.1, 0.15) is 12.0 Å². The fourth-order valence-corrected chi connectivity index (χ4v) is 1.41. The molecule has 0 bridgehead atoms. The maximum atomic E-state index is 11.4. The summed E-state index contributed by atoms with van der Waals surface area (Å²) >= 11 is 0. The first-order valence-corrected chi connectivity index (χ1v) is 6.37. The number of amides is 2. The molecule has 114 valence electrons. The number of carbonyl (C=O) groups excluding carboxylic acids is 3. The number of aryl methyl sites for hydroxylation is 1. The largest absolute Gasteiger partial charge is 0.493 e. The van der Waals surface area contributed by atoms with Gasteiger partial charge in [-0.1, -0.05) is 12.1 Å². The van der Waals surface area contributed by atoms with Gasteiger partial charge in [0.2, 0.25) is 5.91 Å². The SMILES string of the molecule is Cc1cccc(OCCC(=O)OCC(=O)NCC(N)=O)c1. The van der Waals surface area contributed by atoms with Crippen molar-refractivity contribution in [3.05, 3.63) is 29.8 Å². The number of rotatable bonds is 8. The molecule has 0 saturated heterocycles. The Balaban J connectivity index is 2.16. The molecule has 0 aliphatic carbocycles. The van der Waals surface area contributed by atoms with Crippen LogP contribution in [0, 0.1) is 6.92 Å². The lowest BCUT2D eigenvalue weighted by Gasteiger charge is -2.07. The van der Waals surface area contributed by atoms with Crippen LogP contribution in [-0.4, -0.2) is 37.5 Å². The first-order chi connectivity index (χ1) is 9.97. The molecule has 0 atom stereocenters. The number of esters is 1. The monoisotopic (exact) mass is 294 g/mol. The van der Waals surface area contributed by atoms with Gasteiger partial charge in [-0.15, -0.1) is 0 Å². The van der Waals surface area contributed by atoms with E-state index >= 15 is 0 Å². The molecule has 0 aliphatic rings. The van der Waals surface area contributed by atoms with Gasteiger partial charge < -0.3 is 20.5 Å². The molecule has 0 spiro atoms. The number of hydrogen-bond acceptors (Lipinski definition) is 5. The van der Waals surface area contributed by atoms with Gasteiger partial charge in [-0.25, -0.2) is 0 Å². The normalized spacial score (nSPS) is 9.76. The number of primary amides is 1. The van der Waals surface area contributed by atoms with Crippen LogP contribution in [-0.2, 0) is 19.1 Å². The van der Waals surface area contributed by atoms with Crippen molar-refractivity contribution >= 4 is 17.8 Å². The smallest absolute Gasteiger partial charge is 0.309 e. The van der Waals surface area contributed by atoms with E-state index < -0.39 is 24.4 Å². The van der Waals surface area contributed by atoms with Gasteiger partial charge in [-0.3, -0.25) is 14.4 Å². The van der Waals surface area contributed by atoms with Crippen LogP contribution < -0.4 is 15.8 Å². The number of carbonyl (C=O) groups is 3. The van der Waals surface area contributed by atoms with Gasteiger partial charge in [0.15, 0.2) is 6.61 Å². The number of ether oxygens (including phenoxy) is 2. The zero-order valence-corrected chi connectivity index (χ0v) is 11.8. The molecule has 0 radical (unpaired) electrons. The topological polar surface area (TPSA) is 108 Å². The Morgan fingerprint density at radius 3 is 2.71 bits per heavy atom. The van der Waals surface area contributed by atoms with E-state index in [1.165, 1.54) is 0 Å². The quantitative estimate of drug-likeness (QED) is 0.651. The number of benzene rings is 1. The molecule has 1 aromatic carbocycles. The van der Waals surface area contributed by atoms with E-state index in [9.17, 15) is 14.4 Å². The minimum atomic E-state index is -0.666. The Morgan fingerprint density at radius 2 is 2.05 bits per heavy atom. The highest BCUT2D eigenvalue weighted by atomic mass is 16.5. The molecule has 1 rings (SSSR count). The van der Waals surface area contributed by atoms with Crippen molar-refractivity contribution in [2.75, 3.05) is 19.8 Å². The summed E-state index contributed by atoms with van der Waals surface area (Å²) in [5.41, 5.74) is 5.91. The molecule has 21 heavy (non-hydrogen) atoms. The third-order valence-corrected chi connectivity index (χ3v) is 2.39. The first kappa shape index (κ1) is 16.5. The molecule has 2 amide bonds. The summed E-state index contributed by atoms with van der Waals surface area (Å²) in [7, 11) is 0. The average Bonchev–Trinajstić information content (AvgIpc) is 2.43. The zero-order valence-electron chi connectivity index (χ0n) is 11.8. The van der Waals surface area contributed by atoms with Crippen LogP contribution in [0.4, 0.5) is 0 Å². The van der Waals surface area contributed by atoms with Gasteiger partial charge in [0.25, 0.3) is 5.91 Å². The highest BCUT2D eigenvalue weighted by Gasteiger charge is 2.08. The van der Waals surface area contributed by atoms with E-state index in [1.54, 1.807) is 6.07 Å². The van der Waals surface area contributed by atoms with Gasteiger partial charge in [-0.2, -0.15) is 0 Å². The summed E-state index contributed by atoms with van der Waals surface area (Å²) in [5.74, 6) is -1.14. The van der Waals surface area contributed by atoms with Gasteiger partial charge in [0.1, 0.15) is 5.75 Å². The molecule has 0 aliphatic heterocycles. The van der Waals surface area contributed by atoms with Crippen LogP contribution in [0.25, 0.3) is 0 Å². The van der Waals surface area contributed by atoms with E-state index in [4.69, 9.17) is 15.2 Å². The van der Waals surface area contributed by atoms with Crippen molar-refractivity contribution in [3.63, 3.8) is 0 Å². The van der Waals surface area contributed by atoms with Crippen LogP contribution in [0.3, 0.4) is 0 Å². The maximum absolute atomic E-state index is 11.4. The van der Waals surface area contributed by atoms with Gasteiger partial charge in [0, 0.05) is 0 Å². The second-order valence-corrected chi connectivity index (χ2v) is 4.32. The number of nitrogens with two attached hydrogens (primary N) is 1. The van der Waals surface area contributed by atoms with Gasteiger partial charge in [0.05, 0.1) is 19.6 Å². The molecule has 3 N–H and O–H groups in total. The fourth-order valence-electron chi connectivity index (χ4n) is 1.41. The summed E-state index contributed by atoms with van der Waals surface area (Å²) in [4.78, 5) is 33.0. The lowest BCUT2D eigenvalue weighted by atomic mass is 10.2. The third-order valence-electron chi connectivity index (χ3n) is 2.39. The minimum absolute atomic E-state index is 0.0248. The van der Waals surface area contributed by atoms with Crippen LogP contribution in [0.5, 0.6) is 5.75 Å². The lowest BCUT2D eigenvalue weighted by Crippen LogP contribution is -2.36. The average molecular weight is 294 g/mol. The van der Waals surface area contributed by atoms with E-state index in [0.29, 0.717) is 5.75 Å². The Hall–Kier alpha value is -2.57. The molecular weight excluding hydrogens is 276 g/mol. The first-order valence-electron chi connectivity index (χ1n) is 6.37. The molecule has 0 saturated carbocycles. The number of hydrogen-bond donors (Lipinski definition) is 2. The highest BCUT2D eigenvalue weighted by Crippen LogP contribution is 2.12. The van der Waals surface area contributed by atoms with Gasteiger partial charge in [-0.05, 0) is 24.6 Å². The summed E-state index contributed by atoms with van der Waals surface area (Å²) in [6.45, 7) is 1.36. The molecule has 0 aromatic heterocycles. The summed E-state index contributed by atoms with van der Waals surface area (Å²) < 4.78 is 10.1. The molecule has 7 heteroatoms. The standard InChI is InChI=1S/C14H18N2O5/c1-10-3-2-4-11(7-10)20-6-5-14(19)21-9-13(18)16-8-12(15)17/h2-4,7H,5-6,8-9H2,1H3,(H2,15,17)(H,16,18). The van der Waals surface area contributed by atoms with Crippen molar-refractivity contribution in [3.8, 4) is 5.75 Å². The Bertz CT molecular complexity index is 516. The molecule has 7 nitrogen and oxygen atoms in total. The van der Waals surface area contributed by atoms with Crippen molar-refractivity contribution in [1.82, 2.24) is 5.32 Å². The summed E-state index contributed by atoms with van der Waals surface area (Å²) in [5, 5.41) is 2.20.